The highest BCUT2D eigenvalue weighted by Crippen LogP contribution is 2.16. The molecular formula is C18H25NO6. The largest absolute Gasteiger partial charge is 0.486 e. The summed E-state index contributed by atoms with van der Waals surface area (Å²) >= 11 is 0. The van der Waals surface area contributed by atoms with Gasteiger partial charge in [-0.3, -0.25) is 4.79 Å². The summed E-state index contributed by atoms with van der Waals surface area (Å²) in [6.45, 7) is 8.57. The molecule has 1 atom stereocenters. The van der Waals surface area contributed by atoms with Crippen molar-refractivity contribution >= 4 is 17.8 Å². The number of benzene rings is 1. The van der Waals surface area contributed by atoms with E-state index in [0.29, 0.717) is 11.3 Å². The Kier molecular flexibility index (Phi) is 6.97. The second-order valence-electron chi connectivity index (χ2n) is 6.95. The normalized spacial score (nSPS) is 12.4. The summed E-state index contributed by atoms with van der Waals surface area (Å²) in [6.07, 6.45) is -1.26. The molecule has 0 saturated heterocycles. The molecule has 1 amide bonds. The average Bonchev–Trinajstić information content (AvgIpc) is 2.48. The number of ketones is 1. The Morgan fingerprint density at radius 2 is 1.68 bits per heavy atom. The van der Waals surface area contributed by atoms with Crippen LogP contribution in [0.5, 0.6) is 5.75 Å². The molecule has 1 aromatic carbocycles. The molecule has 138 valence electrons. The van der Waals surface area contributed by atoms with Crippen LogP contribution in [0.15, 0.2) is 24.3 Å². The first-order valence-corrected chi connectivity index (χ1v) is 7.98. The summed E-state index contributed by atoms with van der Waals surface area (Å²) in [4.78, 5) is 34.8. The van der Waals surface area contributed by atoms with E-state index in [1.807, 2.05) is 0 Å². The Hall–Kier alpha value is -2.57. The van der Waals surface area contributed by atoms with Gasteiger partial charge in [0.05, 0.1) is 11.6 Å². The summed E-state index contributed by atoms with van der Waals surface area (Å²) in [6, 6.07) is 5.37. The molecule has 0 aliphatic carbocycles. The lowest BCUT2D eigenvalue weighted by Gasteiger charge is -2.20. The van der Waals surface area contributed by atoms with Crippen LogP contribution in [-0.4, -0.2) is 41.2 Å². The van der Waals surface area contributed by atoms with E-state index in [0.717, 1.165) is 0 Å². The van der Waals surface area contributed by atoms with Gasteiger partial charge in [-0.1, -0.05) is 13.8 Å². The van der Waals surface area contributed by atoms with E-state index in [4.69, 9.17) is 14.6 Å². The molecule has 0 spiro atoms. The second kappa shape index (κ2) is 8.50. The maximum absolute atomic E-state index is 12.1. The van der Waals surface area contributed by atoms with Gasteiger partial charge in [0.1, 0.15) is 18.0 Å². The average molecular weight is 351 g/mol. The molecule has 2 N–H and O–H groups in total. The van der Waals surface area contributed by atoms with Gasteiger partial charge < -0.3 is 19.9 Å². The zero-order chi connectivity index (χ0) is 19.2. The minimum absolute atomic E-state index is 0.193. The third kappa shape index (κ3) is 7.24. The summed E-state index contributed by atoms with van der Waals surface area (Å²) < 4.78 is 10.6. The van der Waals surface area contributed by atoms with Crippen molar-refractivity contribution < 1.29 is 29.0 Å². The number of carboxylic acid groups (broad SMARTS) is 1. The molecule has 0 heterocycles. The van der Waals surface area contributed by atoms with Crippen molar-refractivity contribution in [1.29, 1.82) is 0 Å². The fourth-order valence-electron chi connectivity index (χ4n) is 2.02. The lowest BCUT2D eigenvalue weighted by molar-refractivity contribution is -0.123. The Morgan fingerprint density at radius 3 is 2.12 bits per heavy atom. The fourth-order valence-corrected chi connectivity index (χ4v) is 2.02. The first kappa shape index (κ1) is 20.5. The predicted molar refractivity (Wildman–Crippen MR) is 91.9 cm³/mol. The summed E-state index contributed by atoms with van der Waals surface area (Å²) in [5, 5.41) is 11.0. The van der Waals surface area contributed by atoms with Crippen molar-refractivity contribution in [3.05, 3.63) is 29.8 Å². The molecule has 0 aliphatic rings. The quantitative estimate of drug-likeness (QED) is 0.732. The van der Waals surface area contributed by atoms with Gasteiger partial charge in [-0.25, -0.2) is 9.59 Å². The molecule has 0 fully saturated rings. The fraction of sp³-hybridized carbons (Fsp3) is 0.500. The van der Waals surface area contributed by atoms with Crippen LogP contribution in [0.2, 0.25) is 0 Å². The molecular weight excluding hydrogens is 326 g/mol. The number of esters is 1. The number of amides is 1. The Morgan fingerprint density at radius 1 is 1.12 bits per heavy atom. The number of carbonyl (C=O) groups excluding carboxylic acids is 2. The number of hydrogen-bond acceptors (Lipinski definition) is 5. The zero-order valence-electron chi connectivity index (χ0n) is 15.2. The third-order valence-electron chi connectivity index (χ3n) is 3.16. The minimum Gasteiger partial charge on any atom is -0.486 e. The highest BCUT2D eigenvalue weighted by atomic mass is 16.6. The van der Waals surface area contributed by atoms with Crippen molar-refractivity contribution in [1.82, 2.24) is 5.32 Å². The van der Waals surface area contributed by atoms with E-state index in [1.54, 1.807) is 58.9 Å². The molecule has 7 nitrogen and oxygen atoms in total. The van der Waals surface area contributed by atoms with Gasteiger partial charge in [0.15, 0.2) is 5.78 Å². The summed E-state index contributed by atoms with van der Waals surface area (Å²) in [5.41, 5.74) is -0.206. The SMILES string of the molecule is CC(C)[C@H](NC(=O)O)C(=O)COc1ccc(C(=O)OC(C)(C)C)cc1. The van der Waals surface area contributed by atoms with Crippen molar-refractivity contribution in [3.8, 4) is 5.75 Å². The summed E-state index contributed by atoms with van der Waals surface area (Å²) in [5.74, 6) is -0.602. The first-order valence-electron chi connectivity index (χ1n) is 7.98. The van der Waals surface area contributed by atoms with Crippen LogP contribution in [0.4, 0.5) is 4.79 Å². The highest BCUT2D eigenvalue weighted by Gasteiger charge is 2.24. The Bertz CT molecular complexity index is 615. The van der Waals surface area contributed by atoms with Crippen LogP contribution >= 0.6 is 0 Å². The van der Waals surface area contributed by atoms with Gasteiger partial charge in [0, 0.05) is 0 Å². The van der Waals surface area contributed by atoms with E-state index < -0.39 is 23.7 Å². The number of rotatable bonds is 7. The number of nitrogens with one attached hydrogen (secondary N) is 1. The van der Waals surface area contributed by atoms with Gasteiger partial charge in [-0.15, -0.1) is 0 Å². The topological polar surface area (TPSA) is 102 Å². The van der Waals surface area contributed by atoms with E-state index in [2.05, 4.69) is 5.32 Å². The summed E-state index contributed by atoms with van der Waals surface area (Å²) in [7, 11) is 0. The van der Waals surface area contributed by atoms with Gasteiger partial charge in [-0.2, -0.15) is 0 Å². The van der Waals surface area contributed by atoms with Crippen LogP contribution in [-0.2, 0) is 9.53 Å². The monoisotopic (exact) mass is 351 g/mol. The standard InChI is InChI=1S/C18H25NO6/c1-11(2)15(19-17(22)23)14(20)10-24-13-8-6-12(7-9-13)16(21)25-18(3,4)5/h6-9,11,15,19H,10H2,1-5H3,(H,22,23)/t15-/m0/s1. The Balaban J connectivity index is 2.65. The van der Waals surface area contributed by atoms with Crippen molar-refractivity contribution in [2.45, 2.75) is 46.3 Å². The van der Waals surface area contributed by atoms with E-state index >= 15 is 0 Å². The van der Waals surface area contributed by atoms with Crippen LogP contribution in [0, 0.1) is 5.92 Å². The van der Waals surface area contributed by atoms with Gasteiger partial charge in [-0.05, 0) is 51.0 Å². The van der Waals surface area contributed by atoms with Crippen LogP contribution in [0.3, 0.4) is 0 Å². The molecule has 0 saturated carbocycles. The maximum atomic E-state index is 12.1. The lowest BCUT2D eigenvalue weighted by Crippen LogP contribution is -2.45. The van der Waals surface area contributed by atoms with Gasteiger partial charge >= 0.3 is 12.1 Å². The lowest BCUT2D eigenvalue weighted by atomic mass is 10.0. The van der Waals surface area contributed by atoms with Gasteiger partial charge in [0.2, 0.25) is 0 Å². The number of ether oxygens (including phenoxy) is 2. The molecule has 0 aromatic heterocycles. The van der Waals surface area contributed by atoms with E-state index in [1.165, 1.54) is 0 Å². The van der Waals surface area contributed by atoms with Crippen LogP contribution in [0.1, 0.15) is 45.0 Å². The molecule has 0 radical (unpaired) electrons. The van der Waals surface area contributed by atoms with Crippen molar-refractivity contribution in [3.63, 3.8) is 0 Å². The highest BCUT2D eigenvalue weighted by molar-refractivity contribution is 5.90. The first-order chi connectivity index (χ1) is 11.5. The van der Waals surface area contributed by atoms with Crippen molar-refractivity contribution in [2.75, 3.05) is 6.61 Å². The molecule has 0 aliphatic heterocycles. The third-order valence-corrected chi connectivity index (χ3v) is 3.16. The van der Waals surface area contributed by atoms with Crippen LogP contribution in [0.25, 0.3) is 0 Å². The van der Waals surface area contributed by atoms with Crippen molar-refractivity contribution in [2.24, 2.45) is 5.92 Å². The predicted octanol–water partition coefficient (Wildman–Crippen LogP) is 2.88. The molecule has 7 heteroatoms. The maximum Gasteiger partial charge on any atom is 0.405 e. The Labute approximate surface area is 147 Å². The number of Topliss-reactive ketones (excluding diaryl/α,β-unsaturated/α-hetero) is 1. The molecule has 0 bridgehead atoms. The second-order valence-corrected chi connectivity index (χ2v) is 6.95. The minimum atomic E-state index is -1.26. The molecule has 25 heavy (non-hydrogen) atoms. The number of carbonyl (C=O) groups is 3. The van der Waals surface area contributed by atoms with E-state index in [9.17, 15) is 14.4 Å². The van der Waals surface area contributed by atoms with Crippen LogP contribution < -0.4 is 10.1 Å². The molecule has 0 unspecified atom stereocenters. The zero-order valence-corrected chi connectivity index (χ0v) is 15.2. The smallest absolute Gasteiger partial charge is 0.405 e. The number of hydrogen-bond donors (Lipinski definition) is 2. The van der Waals surface area contributed by atoms with Gasteiger partial charge in [0.25, 0.3) is 0 Å². The molecule has 1 aromatic rings. The van der Waals surface area contributed by atoms with E-state index in [-0.39, 0.29) is 18.3 Å². The molecule has 1 rings (SSSR count).